The first-order valence-electron chi connectivity index (χ1n) is 7.03. The number of aromatic amines is 1. The number of carbonyl (C=O) groups is 1. The van der Waals surface area contributed by atoms with Gasteiger partial charge in [0.15, 0.2) is 0 Å². The molecular weight excluding hydrogens is 294 g/mol. The highest BCUT2D eigenvalue weighted by molar-refractivity contribution is 5.90. The number of amides is 1. The summed E-state index contributed by atoms with van der Waals surface area (Å²) >= 11 is 0. The first-order valence-corrected chi connectivity index (χ1v) is 7.03. The monoisotopic (exact) mass is 309 g/mol. The van der Waals surface area contributed by atoms with Crippen LogP contribution in [-0.2, 0) is 11.2 Å². The van der Waals surface area contributed by atoms with Crippen molar-refractivity contribution in [1.82, 2.24) is 15.4 Å². The topological polar surface area (TPSA) is 98.2 Å². The number of hydroxylamine groups is 1. The van der Waals surface area contributed by atoms with Crippen molar-refractivity contribution in [3.8, 4) is 5.75 Å². The molecule has 0 bridgehead atoms. The molecule has 3 rings (SSSR count). The lowest BCUT2D eigenvalue weighted by molar-refractivity contribution is -0.124. The predicted molar refractivity (Wildman–Crippen MR) is 86.0 cm³/mol. The van der Waals surface area contributed by atoms with Gasteiger partial charge >= 0.3 is 0 Å². The van der Waals surface area contributed by atoms with Crippen LogP contribution in [-0.4, -0.2) is 26.2 Å². The minimum Gasteiger partial charge on any atom is -0.506 e. The summed E-state index contributed by atoms with van der Waals surface area (Å²) in [5.74, 6) is 0.355. The van der Waals surface area contributed by atoms with E-state index in [-0.39, 0.29) is 5.75 Å². The largest absolute Gasteiger partial charge is 0.506 e. The molecule has 0 aliphatic carbocycles. The number of H-pyrrole nitrogens is 1. The Balaban J connectivity index is 1.76. The van der Waals surface area contributed by atoms with Crippen LogP contribution in [0.4, 0.5) is 0 Å². The zero-order chi connectivity index (χ0) is 16.2. The smallest absolute Gasteiger partial charge is 0.267 e. The number of nitrogens with zero attached hydrogens (tertiary/aromatic N) is 1. The van der Waals surface area contributed by atoms with Gasteiger partial charge in [0.25, 0.3) is 5.91 Å². The van der Waals surface area contributed by atoms with Gasteiger partial charge < -0.3 is 10.1 Å². The summed E-state index contributed by atoms with van der Waals surface area (Å²) < 4.78 is 0. The maximum atomic E-state index is 10.9. The number of phenols is 1. The molecule has 0 unspecified atom stereocenters. The van der Waals surface area contributed by atoms with E-state index in [2.05, 4.69) is 9.97 Å². The minimum absolute atomic E-state index is 0.160. The fraction of sp³-hybridized carbons (Fsp3) is 0.0588. The van der Waals surface area contributed by atoms with Gasteiger partial charge in [-0.2, -0.15) is 0 Å². The van der Waals surface area contributed by atoms with E-state index in [0.29, 0.717) is 11.9 Å². The van der Waals surface area contributed by atoms with E-state index in [1.165, 1.54) is 11.6 Å². The number of aromatic hydroxyl groups is 1. The lowest BCUT2D eigenvalue weighted by Crippen LogP contribution is -2.14. The summed E-state index contributed by atoms with van der Waals surface area (Å²) in [6, 6.07) is 12.9. The summed E-state index contributed by atoms with van der Waals surface area (Å²) in [5, 5.41) is 18.2. The van der Waals surface area contributed by atoms with Gasteiger partial charge in [-0.05, 0) is 29.3 Å². The van der Waals surface area contributed by atoms with Crippen LogP contribution in [0.5, 0.6) is 5.75 Å². The van der Waals surface area contributed by atoms with Gasteiger partial charge in [-0.1, -0.05) is 30.3 Å². The Hall–Kier alpha value is -3.12. The standard InChI is InChI=1S/C17H15N3O3/c21-14-3-1-2-13-17(14)19-15(18-13)10-12-6-4-11(5-7-12)8-9-16(22)20-23/h1-9,21,23H,10H2,(H,18,19)(H,20,22). The van der Waals surface area contributed by atoms with Crippen LogP contribution in [0.25, 0.3) is 17.1 Å². The lowest BCUT2D eigenvalue weighted by Gasteiger charge is -1.99. The van der Waals surface area contributed by atoms with Crippen LogP contribution in [0, 0.1) is 0 Å². The Morgan fingerprint density at radius 1 is 1.22 bits per heavy atom. The van der Waals surface area contributed by atoms with Crippen molar-refractivity contribution < 1.29 is 15.1 Å². The van der Waals surface area contributed by atoms with Crippen molar-refractivity contribution in [2.45, 2.75) is 6.42 Å². The fourth-order valence-corrected chi connectivity index (χ4v) is 2.30. The van der Waals surface area contributed by atoms with Crippen molar-refractivity contribution >= 4 is 23.0 Å². The van der Waals surface area contributed by atoms with Crippen molar-refractivity contribution in [3.05, 3.63) is 65.5 Å². The Kier molecular flexibility index (Phi) is 4.07. The van der Waals surface area contributed by atoms with Crippen LogP contribution < -0.4 is 5.48 Å². The molecular formula is C17H15N3O3. The molecule has 1 aromatic heterocycles. The molecule has 6 nitrogen and oxygen atoms in total. The second-order valence-corrected chi connectivity index (χ2v) is 5.08. The Morgan fingerprint density at radius 2 is 2.00 bits per heavy atom. The number of benzene rings is 2. The first-order chi connectivity index (χ1) is 11.2. The highest BCUT2D eigenvalue weighted by atomic mass is 16.5. The third-order valence-corrected chi connectivity index (χ3v) is 3.43. The van der Waals surface area contributed by atoms with E-state index in [0.717, 1.165) is 22.5 Å². The second kappa shape index (κ2) is 6.33. The van der Waals surface area contributed by atoms with E-state index in [1.54, 1.807) is 18.2 Å². The van der Waals surface area contributed by atoms with Crippen LogP contribution in [0.2, 0.25) is 0 Å². The number of phenolic OH excluding ortho intramolecular Hbond substituents is 1. The molecule has 0 spiro atoms. The van der Waals surface area contributed by atoms with Crippen molar-refractivity contribution in [2.75, 3.05) is 0 Å². The van der Waals surface area contributed by atoms with Crippen molar-refractivity contribution in [1.29, 1.82) is 0 Å². The number of rotatable bonds is 4. The maximum absolute atomic E-state index is 10.9. The molecule has 2 aromatic carbocycles. The lowest BCUT2D eigenvalue weighted by atomic mass is 10.1. The summed E-state index contributed by atoms with van der Waals surface area (Å²) in [6.45, 7) is 0. The molecule has 0 aliphatic rings. The molecule has 0 aliphatic heterocycles. The minimum atomic E-state index is -0.573. The van der Waals surface area contributed by atoms with Gasteiger partial charge in [-0.15, -0.1) is 0 Å². The van der Waals surface area contributed by atoms with E-state index >= 15 is 0 Å². The average Bonchev–Trinajstić information content (AvgIpc) is 2.98. The number of para-hydroxylation sites is 1. The Labute approximate surface area is 132 Å². The van der Waals surface area contributed by atoms with Gasteiger partial charge in [0.2, 0.25) is 0 Å². The predicted octanol–water partition coefficient (Wildman–Crippen LogP) is 2.38. The van der Waals surface area contributed by atoms with Gasteiger partial charge in [0.05, 0.1) is 5.52 Å². The summed E-state index contributed by atoms with van der Waals surface area (Å²) in [4.78, 5) is 18.5. The molecule has 1 amide bonds. The van der Waals surface area contributed by atoms with Crippen LogP contribution >= 0.6 is 0 Å². The summed E-state index contributed by atoms with van der Waals surface area (Å²) in [6.07, 6.45) is 3.46. The van der Waals surface area contributed by atoms with Gasteiger partial charge in [-0.3, -0.25) is 10.0 Å². The molecule has 23 heavy (non-hydrogen) atoms. The second-order valence-electron chi connectivity index (χ2n) is 5.08. The summed E-state index contributed by atoms with van der Waals surface area (Å²) in [5.41, 5.74) is 4.80. The number of nitrogens with one attached hydrogen (secondary N) is 2. The number of hydrogen-bond donors (Lipinski definition) is 4. The molecule has 1 heterocycles. The quantitative estimate of drug-likeness (QED) is 0.338. The molecule has 0 saturated carbocycles. The average molecular weight is 309 g/mol. The Morgan fingerprint density at radius 3 is 2.70 bits per heavy atom. The molecule has 0 atom stereocenters. The maximum Gasteiger partial charge on any atom is 0.267 e. The van der Waals surface area contributed by atoms with Crippen LogP contribution in [0.3, 0.4) is 0 Å². The molecule has 4 N–H and O–H groups in total. The fourth-order valence-electron chi connectivity index (χ4n) is 2.30. The van der Waals surface area contributed by atoms with Crippen LogP contribution in [0.15, 0.2) is 48.5 Å². The number of imidazole rings is 1. The van der Waals surface area contributed by atoms with Crippen molar-refractivity contribution in [2.24, 2.45) is 0 Å². The van der Waals surface area contributed by atoms with E-state index in [1.807, 2.05) is 30.3 Å². The third-order valence-electron chi connectivity index (χ3n) is 3.43. The van der Waals surface area contributed by atoms with Crippen molar-refractivity contribution in [3.63, 3.8) is 0 Å². The number of hydrogen-bond acceptors (Lipinski definition) is 4. The molecule has 0 saturated heterocycles. The molecule has 6 heteroatoms. The SMILES string of the molecule is O=C(C=Cc1ccc(Cc2nc3c(O)cccc3[nH]2)cc1)NO. The van der Waals surface area contributed by atoms with E-state index in [4.69, 9.17) is 5.21 Å². The molecule has 116 valence electrons. The van der Waals surface area contributed by atoms with E-state index in [9.17, 15) is 9.90 Å². The molecule has 0 radical (unpaired) electrons. The number of carbonyl (C=O) groups excluding carboxylic acids is 1. The normalized spacial score (nSPS) is 11.2. The summed E-state index contributed by atoms with van der Waals surface area (Å²) in [7, 11) is 0. The number of aromatic nitrogens is 2. The number of fused-ring (bicyclic) bond motifs is 1. The van der Waals surface area contributed by atoms with Gasteiger partial charge in [0, 0.05) is 12.5 Å². The first kappa shape index (κ1) is 14.8. The van der Waals surface area contributed by atoms with E-state index < -0.39 is 5.91 Å². The molecule has 0 fully saturated rings. The zero-order valence-corrected chi connectivity index (χ0v) is 12.2. The molecule has 3 aromatic rings. The highest BCUT2D eigenvalue weighted by Gasteiger charge is 2.07. The van der Waals surface area contributed by atoms with Crippen LogP contribution in [0.1, 0.15) is 17.0 Å². The third kappa shape index (κ3) is 3.38. The Bertz CT molecular complexity index is 866. The van der Waals surface area contributed by atoms with Gasteiger partial charge in [-0.25, -0.2) is 10.5 Å². The zero-order valence-electron chi connectivity index (χ0n) is 12.2. The van der Waals surface area contributed by atoms with Gasteiger partial charge in [0.1, 0.15) is 17.1 Å². The highest BCUT2D eigenvalue weighted by Crippen LogP contribution is 2.22.